The fourth-order valence-corrected chi connectivity index (χ4v) is 3.48. The molecule has 0 N–H and O–H groups in total. The van der Waals surface area contributed by atoms with Crippen molar-refractivity contribution in [1.82, 2.24) is 0 Å². The van der Waals surface area contributed by atoms with Gasteiger partial charge in [0, 0.05) is 11.5 Å². The fourth-order valence-electron chi connectivity index (χ4n) is 3.21. The average molecular weight is 360 g/mol. The van der Waals surface area contributed by atoms with Crippen molar-refractivity contribution in [1.29, 1.82) is 0 Å². The first-order valence-electron chi connectivity index (χ1n) is 7.99. The van der Waals surface area contributed by atoms with Crippen LogP contribution >= 0.6 is 11.6 Å². The lowest BCUT2D eigenvalue weighted by Crippen LogP contribution is -2.33. The molecule has 0 spiro atoms. The van der Waals surface area contributed by atoms with Gasteiger partial charge < -0.3 is 14.1 Å². The monoisotopic (exact) mass is 359 g/mol. The molecule has 25 heavy (non-hydrogen) atoms. The largest absolute Gasteiger partial charge is 0.471 e. The number of halogens is 2. The van der Waals surface area contributed by atoms with Crippen LogP contribution in [-0.4, -0.2) is 6.73 Å². The molecular formula is C19H15ClFNO3. The van der Waals surface area contributed by atoms with Crippen LogP contribution in [0.1, 0.15) is 18.1 Å². The minimum Gasteiger partial charge on any atom is -0.471 e. The Labute approximate surface area is 148 Å². The van der Waals surface area contributed by atoms with Gasteiger partial charge in [-0.2, -0.15) is 0 Å². The topological polar surface area (TPSA) is 42.7 Å². The summed E-state index contributed by atoms with van der Waals surface area (Å²) in [5.41, 5.74) is 1.97. The third-order valence-electron chi connectivity index (χ3n) is 4.41. The molecule has 6 heteroatoms. The lowest BCUT2D eigenvalue weighted by atomic mass is 10.0. The molecule has 3 aromatic rings. The quantitative estimate of drug-likeness (QED) is 0.632. The number of hydrogen-bond acceptors (Lipinski definition) is 4. The number of nitrogens with zero attached hydrogens (tertiary/aromatic N) is 1. The highest BCUT2D eigenvalue weighted by Gasteiger charge is 2.26. The summed E-state index contributed by atoms with van der Waals surface area (Å²) in [5, 5.41) is 1.24. The van der Waals surface area contributed by atoms with E-state index in [2.05, 4.69) is 0 Å². The highest BCUT2D eigenvalue weighted by Crippen LogP contribution is 2.40. The van der Waals surface area contributed by atoms with E-state index in [9.17, 15) is 9.18 Å². The van der Waals surface area contributed by atoms with Crippen molar-refractivity contribution in [2.75, 3.05) is 11.6 Å². The molecule has 1 aromatic heterocycles. The van der Waals surface area contributed by atoms with Crippen LogP contribution in [0, 0.1) is 5.82 Å². The lowest BCUT2D eigenvalue weighted by molar-refractivity contribution is 0.287. The highest BCUT2D eigenvalue weighted by atomic mass is 35.5. The van der Waals surface area contributed by atoms with Crippen LogP contribution in [0.5, 0.6) is 5.75 Å². The second kappa shape index (κ2) is 6.08. The van der Waals surface area contributed by atoms with Gasteiger partial charge in [0.2, 0.25) is 0 Å². The smallest absolute Gasteiger partial charge is 0.336 e. The molecule has 0 saturated heterocycles. The maximum absolute atomic E-state index is 14.1. The van der Waals surface area contributed by atoms with Crippen molar-refractivity contribution in [3.63, 3.8) is 0 Å². The van der Waals surface area contributed by atoms with E-state index in [-0.39, 0.29) is 12.5 Å². The van der Waals surface area contributed by atoms with E-state index >= 15 is 0 Å². The molecule has 0 aliphatic carbocycles. The highest BCUT2D eigenvalue weighted by molar-refractivity contribution is 6.33. The number of hydrogen-bond donors (Lipinski definition) is 0. The first-order chi connectivity index (χ1) is 12.1. The zero-order valence-electron chi connectivity index (χ0n) is 13.5. The molecule has 128 valence electrons. The second-order valence-electron chi connectivity index (χ2n) is 5.91. The normalized spacial score (nSPS) is 13.6. The molecule has 2 aromatic carbocycles. The van der Waals surface area contributed by atoms with Gasteiger partial charge in [0.1, 0.15) is 17.1 Å². The predicted molar refractivity (Wildman–Crippen MR) is 95.0 cm³/mol. The van der Waals surface area contributed by atoms with Gasteiger partial charge >= 0.3 is 5.63 Å². The summed E-state index contributed by atoms with van der Waals surface area (Å²) >= 11 is 6.38. The van der Waals surface area contributed by atoms with Crippen molar-refractivity contribution >= 4 is 28.3 Å². The van der Waals surface area contributed by atoms with Crippen molar-refractivity contribution in [3.05, 3.63) is 68.8 Å². The number of fused-ring (bicyclic) bond motifs is 3. The van der Waals surface area contributed by atoms with Gasteiger partial charge in [-0.25, -0.2) is 9.18 Å². The Kier molecular flexibility index (Phi) is 3.88. The number of aryl methyl sites for hydroxylation is 1. The summed E-state index contributed by atoms with van der Waals surface area (Å²) < 4.78 is 25.3. The third kappa shape index (κ3) is 2.65. The van der Waals surface area contributed by atoms with E-state index in [1.54, 1.807) is 29.2 Å². The first-order valence-corrected chi connectivity index (χ1v) is 8.36. The van der Waals surface area contributed by atoms with E-state index < -0.39 is 5.63 Å². The van der Waals surface area contributed by atoms with E-state index in [0.29, 0.717) is 40.6 Å². The molecule has 1 aliphatic heterocycles. The average Bonchev–Trinajstić information content (AvgIpc) is 2.62. The maximum atomic E-state index is 14.1. The van der Waals surface area contributed by atoms with Gasteiger partial charge in [-0.1, -0.05) is 30.7 Å². The minimum absolute atomic E-state index is 0.164. The van der Waals surface area contributed by atoms with Gasteiger partial charge in [0.05, 0.1) is 22.8 Å². The molecule has 0 unspecified atom stereocenters. The SMILES string of the molecule is CCc1cc(=O)oc2c3c(c(Cl)cc12)OCN(c1ccccc1F)C3. The van der Waals surface area contributed by atoms with Crippen molar-refractivity contribution in [3.8, 4) is 5.75 Å². The van der Waals surface area contributed by atoms with Gasteiger partial charge in [0.25, 0.3) is 0 Å². The van der Waals surface area contributed by atoms with Crippen LogP contribution in [0.2, 0.25) is 5.02 Å². The molecule has 0 fully saturated rings. The molecule has 4 nitrogen and oxygen atoms in total. The first kappa shape index (κ1) is 16.0. The van der Waals surface area contributed by atoms with Crippen LogP contribution in [0.3, 0.4) is 0 Å². The molecular weight excluding hydrogens is 345 g/mol. The van der Waals surface area contributed by atoms with Gasteiger partial charge in [-0.3, -0.25) is 0 Å². The van der Waals surface area contributed by atoms with E-state index in [0.717, 1.165) is 10.9 Å². The number of benzene rings is 2. The van der Waals surface area contributed by atoms with Crippen LogP contribution in [0.15, 0.2) is 45.6 Å². The summed E-state index contributed by atoms with van der Waals surface area (Å²) in [6.07, 6.45) is 0.676. The van der Waals surface area contributed by atoms with Gasteiger partial charge in [0.15, 0.2) is 6.73 Å². The molecule has 0 bridgehead atoms. The minimum atomic E-state index is -0.420. The zero-order valence-corrected chi connectivity index (χ0v) is 14.3. The van der Waals surface area contributed by atoms with Crippen LogP contribution < -0.4 is 15.3 Å². The molecule has 2 heterocycles. The van der Waals surface area contributed by atoms with Crippen LogP contribution in [0.25, 0.3) is 11.0 Å². The number of anilines is 1. The van der Waals surface area contributed by atoms with Crippen LogP contribution in [-0.2, 0) is 13.0 Å². The van der Waals surface area contributed by atoms with Crippen molar-refractivity contribution in [2.24, 2.45) is 0 Å². The van der Waals surface area contributed by atoms with E-state index in [1.165, 1.54) is 12.1 Å². The third-order valence-corrected chi connectivity index (χ3v) is 4.69. The summed E-state index contributed by atoms with van der Waals surface area (Å²) in [5.74, 6) is 0.148. The summed E-state index contributed by atoms with van der Waals surface area (Å²) in [6.45, 7) is 2.46. The van der Waals surface area contributed by atoms with Gasteiger partial charge in [-0.15, -0.1) is 0 Å². The number of ether oxygens (including phenoxy) is 1. The Balaban J connectivity index is 1.91. The summed E-state index contributed by atoms with van der Waals surface area (Å²) in [4.78, 5) is 13.7. The number of rotatable bonds is 2. The molecule has 0 atom stereocenters. The second-order valence-corrected chi connectivity index (χ2v) is 6.32. The van der Waals surface area contributed by atoms with Crippen LogP contribution in [0.4, 0.5) is 10.1 Å². The zero-order chi connectivity index (χ0) is 17.6. The van der Waals surface area contributed by atoms with Crippen molar-refractivity contribution in [2.45, 2.75) is 19.9 Å². The Morgan fingerprint density at radius 3 is 2.84 bits per heavy atom. The Morgan fingerprint density at radius 2 is 2.08 bits per heavy atom. The molecule has 0 amide bonds. The Hall–Kier alpha value is -2.53. The summed E-state index contributed by atoms with van der Waals surface area (Å²) in [7, 11) is 0. The molecule has 0 saturated carbocycles. The lowest BCUT2D eigenvalue weighted by Gasteiger charge is -2.31. The summed E-state index contributed by atoms with van der Waals surface area (Å²) in [6, 6.07) is 9.72. The standard InChI is InChI=1S/C19H15ClFNO3/c1-2-11-7-17(23)25-18-12(11)8-14(20)19-13(18)9-22(10-24-19)16-6-4-3-5-15(16)21/h3-8H,2,9-10H2,1H3. The Morgan fingerprint density at radius 1 is 1.28 bits per heavy atom. The molecule has 4 rings (SSSR count). The predicted octanol–water partition coefficient (Wildman–Crippen LogP) is 4.50. The molecule has 1 aliphatic rings. The van der Waals surface area contributed by atoms with E-state index in [4.69, 9.17) is 20.8 Å². The fraction of sp³-hybridized carbons (Fsp3) is 0.211. The Bertz CT molecular complexity index is 1030. The molecule has 0 radical (unpaired) electrons. The van der Waals surface area contributed by atoms with Crippen molar-refractivity contribution < 1.29 is 13.5 Å². The van der Waals surface area contributed by atoms with Gasteiger partial charge in [-0.05, 0) is 30.2 Å². The maximum Gasteiger partial charge on any atom is 0.336 e. The number of para-hydroxylation sites is 1. The van der Waals surface area contributed by atoms with E-state index in [1.807, 2.05) is 6.92 Å².